The van der Waals surface area contributed by atoms with Crippen LogP contribution in [-0.4, -0.2) is 9.97 Å². The highest BCUT2D eigenvalue weighted by molar-refractivity contribution is 5.81. The molecule has 4 heteroatoms. The summed E-state index contributed by atoms with van der Waals surface area (Å²) in [5.74, 6) is 1.25. The molecule has 0 saturated heterocycles. The maximum Gasteiger partial charge on any atom is 0.227 e. The van der Waals surface area contributed by atoms with Crippen molar-refractivity contribution in [2.24, 2.45) is 0 Å². The smallest absolute Gasteiger partial charge is 0.227 e. The van der Waals surface area contributed by atoms with Crippen molar-refractivity contribution in [3.8, 4) is 22.9 Å². The molecule has 0 fully saturated rings. The van der Waals surface area contributed by atoms with E-state index in [0.717, 1.165) is 44.5 Å². The molecular weight excluding hydrogens is 348 g/mol. The number of aryl methyl sites for hydroxylation is 4. The summed E-state index contributed by atoms with van der Waals surface area (Å²) in [6.07, 6.45) is 0. The van der Waals surface area contributed by atoms with Crippen LogP contribution in [0, 0.1) is 27.7 Å². The van der Waals surface area contributed by atoms with Crippen molar-refractivity contribution in [3.05, 3.63) is 70.8 Å². The van der Waals surface area contributed by atoms with Gasteiger partial charge in [-0.15, -0.1) is 0 Å². The Hall–Kier alpha value is -3.40. The normalized spacial score (nSPS) is 11.6. The van der Waals surface area contributed by atoms with Crippen molar-refractivity contribution in [2.45, 2.75) is 27.7 Å². The molecule has 0 aliphatic carbocycles. The van der Waals surface area contributed by atoms with Crippen LogP contribution < -0.4 is 0 Å². The number of rotatable bonds is 2. The summed E-state index contributed by atoms with van der Waals surface area (Å²) in [4.78, 5) is 9.31. The third kappa shape index (κ3) is 2.69. The average molecular weight is 368 g/mol. The summed E-state index contributed by atoms with van der Waals surface area (Å²) < 4.78 is 12.0. The molecule has 0 saturated carbocycles. The van der Waals surface area contributed by atoms with Crippen molar-refractivity contribution >= 4 is 22.2 Å². The van der Waals surface area contributed by atoms with Crippen LogP contribution in [0.2, 0.25) is 0 Å². The molecule has 4 nitrogen and oxygen atoms in total. The highest BCUT2D eigenvalue weighted by Gasteiger charge is 2.13. The van der Waals surface area contributed by atoms with Gasteiger partial charge < -0.3 is 8.83 Å². The molecule has 3 aromatic carbocycles. The van der Waals surface area contributed by atoms with Gasteiger partial charge in [-0.05, 0) is 86.3 Å². The van der Waals surface area contributed by atoms with Gasteiger partial charge in [-0.3, -0.25) is 0 Å². The molecule has 138 valence electrons. The van der Waals surface area contributed by atoms with Crippen LogP contribution in [0.5, 0.6) is 0 Å². The van der Waals surface area contributed by atoms with E-state index in [1.54, 1.807) is 0 Å². The number of hydrogen-bond acceptors (Lipinski definition) is 4. The van der Waals surface area contributed by atoms with E-state index in [2.05, 4.69) is 35.9 Å². The van der Waals surface area contributed by atoms with Gasteiger partial charge in [0, 0.05) is 11.1 Å². The van der Waals surface area contributed by atoms with Crippen LogP contribution in [-0.2, 0) is 0 Å². The third-order valence-electron chi connectivity index (χ3n) is 5.02. The lowest BCUT2D eigenvalue weighted by Crippen LogP contribution is -1.80. The second kappa shape index (κ2) is 6.06. The van der Waals surface area contributed by atoms with Gasteiger partial charge in [0.1, 0.15) is 11.0 Å². The van der Waals surface area contributed by atoms with Gasteiger partial charge in [0.15, 0.2) is 11.2 Å². The van der Waals surface area contributed by atoms with Gasteiger partial charge in [-0.25, -0.2) is 9.97 Å². The first-order chi connectivity index (χ1) is 13.5. The summed E-state index contributed by atoms with van der Waals surface area (Å²) >= 11 is 0. The average Bonchev–Trinajstić information content (AvgIpc) is 3.26. The predicted molar refractivity (Wildman–Crippen MR) is 111 cm³/mol. The Balaban J connectivity index is 1.54. The Bertz CT molecular complexity index is 1240. The standard InChI is InChI=1S/C24H20N2O2/c1-13-9-15(3)21-19(11-13)25-23(27-21)17-5-7-18(8-6-17)24-26-20-12-14(2)10-16(4)22(20)28-24/h5-12H,1-4H3. The number of hydrogen-bond donors (Lipinski definition) is 0. The van der Waals surface area contributed by atoms with E-state index in [1.807, 2.05) is 50.2 Å². The van der Waals surface area contributed by atoms with Crippen LogP contribution in [0.15, 0.2) is 57.4 Å². The first-order valence-corrected chi connectivity index (χ1v) is 9.34. The van der Waals surface area contributed by atoms with Gasteiger partial charge >= 0.3 is 0 Å². The molecule has 2 aromatic heterocycles. The molecule has 0 aliphatic rings. The first kappa shape index (κ1) is 16.8. The quantitative estimate of drug-likeness (QED) is 0.355. The number of oxazole rings is 2. The van der Waals surface area contributed by atoms with Crippen LogP contribution in [0.25, 0.3) is 45.1 Å². The number of benzene rings is 3. The van der Waals surface area contributed by atoms with E-state index in [9.17, 15) is 0 Å². The number of nitrogens with zero attached hydrogens (tertiary/aromatic N) is 2. The second-order valence-electron chi connectivity index (χ2n) is 7.48. The molecule has 0 spiro atoms. The van der Waals surface area contributed by atoms with Crippen LogP contribution in [0.3, 0.4) is 0 Å². The number of aromatic nitrogens is 2. The Morgan fingerprint density at radius 3 is 1.36 bits per heavy atom. The van der Waals surface area contributed by atoms with E-state index >= 15 is 0 Å². The van der Waals surface area contributed by atoms with Crippen LogP contribution in [0.1, 0.15) is 22.3 Å². The Labute approximate surface area is 162 Å². The van der Waals surface area contributed by atoms with E-state index in [1.165, 1.54) is 11.1 Å². The van der Waals surface area contributed by atoms with Gasteiger partial charge in [-0.2, -0.15) is 0 Å². The maximum atomic E-state index is 6.01. The molecule has 0 amide bonds. The third-order valence-corrected chi connectivity index (χ3v) is 5.02. The summed E-state index contributed by atoms with van der Waals surface area (Å²) in [7, 11) is 0. The SMILES string of the molecule is Cc1cc(C)c2oc(-c3ccc(-c4nc5cc(C)cc(C)c5o4)cc3)nc2c1. The molecule has 0 unspecified atom stereocenters. The highest BCUT2D eigenvalue weighted by atomic mass is 16.4. The van der Waals surface area contributed by atoms with E-state index in [-0.39, 0.29) is 0 Å². The van der Waals surface area contributed by atoms with Crippen LogP contribution in [0.4, 0.5) is 0 Å². The molecule has 5 aromatic rings. The molecule has 0 radical (unpaired) electrons. The van der Waals surface area contributed by atoms with Crippen molar-refractivity contribution < 1.29 is 8.83 Å². The van der Waals surface area contributed by atoms with Crippen molar-refractivity contribution in [3.63, 3.8) is 0 Å². The minimum Gasteiger partial charge on any atom is -0.436 e. The Kier molecular flexibility index (Phi) is 3.63. The fourth-order valence-electron chi connectivity index (χ4n) is 3.76. The zero-order chi connectivity index (χ0) is 19.4. The number of fused-ring (bicyclic) bond motifs is 2. The van der Waals surface area contributed by atoms with Crippen molar-refractivity contribution in [1.82, 2.24) is 9.97 Å². The molecule has 0 N–H and O–H groups in total. The minimum absolute atomic E-state index is 0.624. The summed E-state index contributed by atoms with van der Waals surface area (Å²) in [5.41, 5.74) is 9.89. The summed E-state index contributed by atoms with van der Waals surface area (Å²) in [6.45, 7) is 8.23. The lowest BCUT2D eigenvalue weighted by atomic mass is 10.1. The molecule has 2 heterocycles. The summed E-state index contributed by atoms with van der Waals surface area (Å²) in [5, 5.41) is 0. The lowest BCUT2D eigenvalue weighted by Gasteiger charge is -1.98. The topological polar surface area (TPSA) is 52.1 Å². The molecular formula is C24H20N2O2. The van der Waals surface area contributed by atoms with Gasteiger partial charge in [0.25, 0.3) is 0 Å². The van der Waals surface area contributed by atoms with E-state index < -0.39 is 0 Å². The second-order valence-corrected chi connectivity index (χ2v) is 7.48. The van der Waals surface area contributed by atoms with E-state index in [0.29, 0.717) is 11.8 Å². The molecule has 0 aliphatic heterocycles. The van der Waals surface area contributed by atoms with Crippen molar-refractivity contribution in [1.29, 1.82) is 0 Å². The molecule has 28 heavy (non-hydrogen) atoms. The lowest BCUT2D eigenvalue weighted by molar-refractivity contribution is 0.615. The fraction of sp³-hybridized carbons (Fsp3) is 0.167. The Morgan fingerprint density at radius 2 is 0.964 bits per heavy atom. The molecule has 0 atom stereocenters. The van der Waals surface area contributed by atoms with Gasteiger partial charge in [0.05, 0.1) is 0 Å². The first-order valence-electron chi connectivity index (χ1n) is 9.34. The highest BCUT2D eigenvalue weighted by Crippen LogP contribution is 2.31. The van der Waals surface area contributed by atoms with Gasteiger partial charge in [-0.1, -0.05) is 12.1 Å². The zero-order valence-corrected chi connectivity index (χ0v) is 16.3. The molecule has 5 rings (SSSR count). The Morgan fingerprint density at radius 1 is 0.571 bits per heavy atom. The van der Waals surface area contributed by atoms with Crippen LogP contribution >= 0.6 is 0 Å². The predicted octanol–water partition coefficient (Wildman–Crippen LogP) is 6.54. The zero-order valence-electron chi connectivity index (χ0n) is 16.3. The monoisotopic (exact) mass is 368 g/mol. The minimum atomic E-state index is 0.624. The van der Waals surface area contributed by atoms with Crippen molar-refractivity contribution in [2.75, 3.05) is 0 Å². The molecule has 0 bridgehead atoms. The maximum absolute atomic E-state index is 6.01. The summed E-state index contributed by atoms with van der Waals surface area (Å²) in [6, 6.07) is 16.3. The fourth-order valence-corrected chi connectivity index (χ4v) is 3.76. The largest absolute Gasteiger partial charge is 0.436 e. The van der Waals surface area contributed by atoms with E-state index in [4.69, 9.17) is 8.83 Å². The van der Waals surface area contributed by atoms with Gasteiger partial charge in [0.2, 0.25) is 11.8 Å².